The van der Waals surface area contributed by atoms with Gasteiger partial charge in [0.25, 0.3) is 0 Å². The van der Waals surface area contributed by atoms with Gasteiger partial charge in [0.1, 0.15) is 0 Å². The van der Waals surface area contributed by atoms with Crippen LogP contribution in [0.4, 0.5) is 0 Å². The molecule has 1 fully saturated rings. The molecule has 0 spiro atoms. The molecule has 0 aromatic heterocycles. The Morgan fingerprint density at radius 1 is 1.56 bits per heavy atom. The Labute approximate surface area is 128 Å². The minimum Gasteiger partial charge on any atom is -0.379 e. The summed E-state index contributed by atoms with van der Waals surface area (Å²) in [6, 6.07) is 0. The molecule has 4 nitrogen and oxygen atoms in total. The molecule has 2 N–H and O–H groups in total. The Morgan fingerprint density at radius 3 is 3.00 bits per heavy atom. The van der Waals surface area contributed by atoms with Crippen LogP contribution in [0, 0.1) is 5.92 Å². The number of hydrogen-bond donors (Lipinski definition) is 1. The fourth-order valence-corrected chi connectivity index (χ4v) is 1.99. The first-order valence-corrected chi connectivity index (χ1v) is 6.47. The predicted octanol–water partition coefficient (Wildman–Crippen LogP) is 2.24. The van der Waals surface area contributed by atoms with Crippen molar-refractivity contribution in [1.82, 2.24) is 4.90 Å². The fourth-order valence-electron chi connectivity index (χ4n) is 1.99. The summed E-state index contributed by atoms with van der Waals surface area (Å²) in [5.41, 5.74) is 5.96. The minimum atomic E-state index is 0. The zero-order valence-electron chi connectivity index (χ0n) is 11.3. The number of ether oxygens (including phenoxy) is 1. The lowest BCUT2D eigenvalue weighted by Crippen LogP contribution is -2.43. The second-order valence-electron chi connectivity index (χ2n) is 4.62. The lowest BCUT2D eigenvalue weighted by Gasteiger charge is -2.31. The van der Waals surface area contributed by atoms with Crippen molar-refractivity contribution in [3.8, 4) is 0 Å². The summed E-state index contributed by atoms with van der Waals surface area (Å²) in [5.74, 6) is 1.39. The maximum atomic E-state index is 5.96. The normalized spacial score (nSPS) is 20.4. The SMILES string of the molecule is C=CCCOCCN=C(N)N1CCCC(C)C1.I. The highest BCUT2D eigenvalue weighted by atomic mass is 127. The quantitative estimate of drug-likeness (QED) is 0.258. The second kappa shape index (κ2) is 10.6. The van der Waals surface area contributed by atoms with Gasteiger partial charge in [0, 0.05) is 13.1 Å². The molecule has 1 aliphatic rings. The molecule has 1 aliphatic heterocycles. The fraction of sp³-hybridized carbons (Fsp3) is 0.769. The van der Waals surface area contributed by atoms with Gasteiger partial charge in [-0.2, -0.15) is 0 Å². The monoisotopic (exact) mass is 367 g/mol. The highest BCUT2D eigenvalue weighted by molar-refractivity contribution is 14.0. The average molecular weight is 367 g/mol. The van der Waals surface area contributed by atoms with Gasteiger partial charge >= 0.3 is 0 Å². The molecule has 0 radical (unpaired) electrons. The van der Waals surface area contributed by atoms with Crippen molar-refractivity contribution in [3.63, 3.8) is 0 Å². The molecule has 1 atom stereocenters. The molecule has 5 heteroatoms. The van der Waals surface area contributed by atoms with Crippen molar-refractivity contribution in [3.05, 3.63) is 12.7 Å². The molecule has 0 amide bonds. The summed E-state index contributed by atoms with van der Waals surface area (Å²) in [7, 11) is 0. The first-order chi connectivity index (χ1) is 8.24. The molecule has 106 valence electrons. The number of nitrogens with two attached hydrogens (primary N) is 1. The van der Waals surface area contributed by atoms with E-state index in [0.717, 1.165) is 32.0 Å². The van der Waals surface area contributed by atoms with Crippen LogP contribution >= 0.6 is 24.0 Å². The first kappa shape index (κ1) is 17.7. The molecular formula is C13H26IN3O. The third-order valence-corrected chi connectivity index (χ3v) is 2.96. The molecule has 0 aromatic carbocycles. The van der Waals surface area contributed by atoms with Gasteiger partial charge < -0.3 is 15.4 Å². The molecule has 0 bridgehead atoms. The van der Waals surface area contributed by atoms with Crippen LogP contribution in [0.25, 0.3) is 0 Å². The van der Waals surface area contributed by atoms with Crippen molar-refractivity contribution in [2.45, 2.75) is 26.2 Å². The Bertz CT molecular complexity index is 259. The van der Waals surface area contributed by atoms with Crippen LogP contribution in [0.2, 0.25) is 0 Å². The van der Waals surface area contributed by atoms with Gasteiger partial charge in [-0.1, -0.05) is 13.0 Å². The second-order valence-corrected chi connectivity index (χ2v) is 4.62. The Balaban J connectivity index is 0.00000289. The standard InChI is InChI=1S/C13H25N3O.HI/c1-3-4-9-17-10-7-15-13(14)16-8-5-6-12(2)11-16;/h3,12H,1,4-11H2,2H3,(H2,14,15);1H. The van der Waals surface area contributed by atoms with Crippen molar-refractivity contribution >= 4 is 29.9 Å². The average Bonchev–Trinajstić information content (AvgIpc) is 2.33. The largest absolute Gasteiger partial charge is 0.379 e. The lowest BCUT2D eigenvalue weighted by molar-refractivity contribution is 0.146. The van der Waals surface area contributed by atoms with Crippen molar-refractivity contribution < 1.29 is 4.74 Å². The van der Waals surface area contributed by atoms with E-state index in [1.54, 1.807) is 0 Å². The smallest absolute Gasteiger partial charge is 0.191 e. The van der Waals surface area contributed by atoms with E-state index in [4.69, 9.17) is 10.5 Å². The number of guanidine groups is 1. The maximum Gasteiger partial charge on any atom is 0.191 e. The van der Waals surface area contributed by atoms with Gasteiger partial charge in [-0.15, -0.1) is 30.6 Å². The third-order valence-electron chi connectivity index (χ3n) is 2.96. The van der Waals surface area contributed by atoms with Crippen molar-refractivity contribution in [1.29, 1.82) is 0 Å². The molecule has 0 aromatic rings. The number of halogens is 1. The summed E-state index contributed by atoms with van der Waals surface area (Å²) >= 11 is 0. The van der Waals surface area contributed by atoms with E-state index in [1.807, 2.05) is 6.08 Å². The predicted molar refractivity (Wildman–Crippen MR) is 87.5 cm³/mol. The number of nitrogens with zero attached hydrogens (tertiary/aromatic N) is 2. The van der Waals surface area contributed by atoms with Gasteiger partial charge in [0.2, 0.25) is 0 Å². The van der Waals surface area contributed by atoms with E-state index in [0.29, 0.717) is 19.1 Å². The Morgan fingerprint density at radius 2 is 2.33 bits per heavy atom. The number of hydrogen-bond acceptors (Lipinski definition) is 2. The number of likely N-dealkylation sites (tertiary alicyclic amines) is 1. The Hall–Kier alpha value is -0.300. The van der Waals surface area contributed by atoms with Crippen LogP contribution in [0.5, 0.6) is 0 Å². The summed E-state index contributed by atoms with van der Waals surface area (Å²) in [5, 5.41) is 0. The minimum absolute atomic E-state index is 0. The highest BCUT2D eigenvalue weighted by Crippen LogP contribution is 2.14. The van der Waals surface area contributed by atoms with E-state index in [-0.39, 0.29) is 24.0 Å². The molecule has 1 saturated heterocycles. The van der Waals surface area contributed by atoms with Gasteiger partial charge in [0.15, 0.2) is 5.96 Å². The molecule has 1 heterocycles. The van der Waals surface area contributed by atoms with Gasteiger partial charge in [-0.3, -0.25) is 4.99 Å². The van der Waals surface area contributed by atoms with Crippen LogP contribution in [0.1, 0.15) is 26.2 Å². The zero-order valence-corrected chi connectivity index (χ0v) is 13.6. The third kappa shape index (κ3) is 7.20. The van der Waals surface area contributed by atoms with Gasteiger partial charge in [-0.05, 0) is 25.2 Å². The summed E-state index contributed by atoms with van der Waals surface area (Å²) in [4.78, 5) is 6.53. The molecule has 1 unspecified atom stereocenters. The van der Waals surface area contributed by atoms with Crippen LogP contribution in [-0.2, 0) is 4.74 Å². The van der Waals surface area contributed by atoms with Crippen LogP contribution in [0.15, 0.2) is 17.6 Å². The van der Waals surface area contributed by atoms with Gasteiger partial charge in [0.05, 0.1) is 19.8 Å². The maximum absolute atomic E-state index is 5.96. The van der Waals surface area contributed by atoms with E-state index >= 15 is 0 Å². The molecular weight excluding hydrogens is 341 g/mol. The molecule has 1 rings (SSSR count). The van der Waals surface area contributed by atoms with Crippen molar-refractivity contribution in [2.75, 3.05) is 32.8 Å². The number of rotatable bonds is 6. The molecule has 18 heavy (non-hydrogen) atoms. The summed E-state index contributed by atoms with van der Waals surface area (Å²) in [6.07, 6.45) is 5.26. The molecule has 0 saturated carbocycles. The summed E-state index contributed by atoms with van der Waals surface area (Å²) in [6.45, 7) is 9.98. The highest BCUT2D eigenvalue weighted by Gasteiger charge is 2.17. The lowest BCUT2D eigenvalue weighted by atomic mass is 10.0. The summed E-state index contributed by atoms with van der Waals surface area (Å²) < 4.78 is 5.38. The van der Waals surface area contributed by atoms with Gasteiger partial charge in [-0.25, -0.2) is 0 Å². The van der Waals surface area contributed by atoms with Crippen LogP contribution in [0.3, 0.4) is 0 Å². The van der Waals surface area contributed by atoms with E-state index in [2.05, 4.69) is 23.4 Å². The first-order valence-electron chi connectivity index (χ1n) is 6.47. The Kier molecular flexibility index (Phi) is 10.4. The topological polar surface area (TPSA) is 50.9 Å². The zero-order chi connectivity index (χ0) is 12.5. The number of piperidine rings is 1. The van der Waals surface area contributed by atoms with Crippen LogP contribution in [-0.4, -0.2) is 43.7 Å². The van der Waals surface area contributed by atoms with E-state index in [1.165, 1.54) is 12.8 Å². The van der Waals surface area contributed by atoms with Crippen molar-refractivity contribution in [2.24, 2.45) is 16.6 Å². The number of aliphatic imine (C=N–C) groups is 1. The van der Waals surface area contributed by atoms with E-state index < -0.39 is 0 Å². The van der Waals surface area contributed by atoms with Crippen LogP contribution < -0.4 is 5.73 Å². The molecule has 0 aliphatic carbocycles. The van der Waals surface area contributed by atoms with E-state index in [9.17, 15) is 0 Å².